The molecule has 2 N–H and O–H groups in total. The van der Waals surface area contributed by atoms with Gasteiger partial charge in [0.25, 0.3) is 5.91 Å². The van der Waals surface area contributed by atoms with Crippen molar-refractivity contribution < 1.29 is 13.6 Å². The van der Waals surface area contributed by atoms with Gasteiger partial charge in [-0.2, -0.15) is 5.10 Å². The third-order valence-corrected chi connectivity index (χ3v) is 2.54. The van der Waals surface area contributed by atoms with Crippen LogP contribution in [0.2, 0.25) is 0 Å². The van der Waals surface area contributed by atoms with Crippen LogP contribution in [0.15, 0.2) is 41.2 Å². The van der Waals surface area contributed by atoms with Crippen molar-refractivity contribution in [2.45, 2.75) is 0 Å². The zero-order chi connectivity index (χ0) is 12.5. The number of halogens is 1. The van der Waals surface area contributed by atoms with Crippen molar-refractivity contribution in [3.05, 3.63) is 48.2 Å². The standard InChI is InChI=1S/C12H8FN3O2/c13-8-1-2-9-10(5-8)15-16-11(9)14-12(17)7-3-4-18-6-7/h1-6H,(H2,14,15,16,17). The van der Waals surface area contributed by atoms with E-state index in [0.29, 0.717) is 22.3 Å². The van der Waals surface area contributed by atoms with Gasteiger partial charge in [0.15, 0.2) is 5.82 Å². The van der Waals surface area contributed by atoms with Gasteiger partial charge < -0.3 is 9.73 Å². The molecule has 90 valence electrons. The molecular formula is C12H8FN3O2. The fraction of sp³-hybridized carbons (Fsp3) is 0. The monoisotopic (exact) mass is 245 g/mol. The van der Waals surface area contributed by atoms with Crippen molar-refractivity contribution in [3.63, 3.8) is 0 Å². The van der Waals surface area contributed by atoms with E-state index in [1.165, 1.54) is 24.7 Å². The summed E-state index contributed by atoms with van der Waals surface area (Å²) in [6, 6.07) is 5.73. The van der Waals surface area contributed by atoms with Crippen molar-refractivity contribution in [3.8, 4) is 0 Å². The van der Waals surface area contributed by atoms with Gasteiger partial charge in [0.05, 0.1) is 17.3 Å². The number of nitrogens with zero attached hydrogens (tertiary/aromatic N) is 1. The van der Waals surface area contributed by atoms with Crippen LogP contribution in [0.1, 0.15) is 10.4 Å². The Kier molecular flexibility index (Phi) is 2.33. The molecule has 3 aromatic rings. The number of carbonyl (C=O) groups excluding carboxylic acids is 1. The molecule has 0 radical (unpaired) electrons. The molecule has 18 heavy (non-hydrogen) atoms. The minimum atomic E-state index is -0.362. The number of aromatic nitrogens is 2. The molecule has 0 aliphatic heterocycles. The van der Waals surface area contributed by atoms with Crippen LogP contribution in [0.3, 0.4) is 0 Å². The molecule has 2 aromatic heterocycles. The summed E-state index contributed by atoms with van der Waals surface area (Å²) in [5.74, 6) is -0.337. The Morgan fingerprint density at radius 3 is 3.06 bits per heavy atom. The number of benzene rings is 1. The minimum Gasteiger partial charge on any atom is -0.472 e. The average Bonchev–Trinajstić information content (AvgIpc) is 2.98. The van der Waals surface area contributed by atoms with Crippen molar-refractivity contribution in [2.75, 3.05) is 5.32 Å². The number of anilines is 1. The Labute approximate surface area is 101 Å². The number of hydrogen-bond acceptors (Lipinski definition) is 3. The average molecular weight is 245 g/mol. The number of carbonyl (C=O) groups is 1. The molecule has 0 saturated carbocycles. The number of fused-ring (bicyclic) bond motifs is 1. The van der Waals surface area contributed by atoms with E-state index in [4.69, 9.17) is 4.42 Å². The smallest absolute Gasteiger partial charge is 0.260 e. The summed E-state index contributed by atoms with van der Waals surface area (Å²) in [6.07, 6.45) is 2.75. The van der Waals surface area contributed by atoms with Gasteiger partial charge in [0.1, 0.15) is 12.1 Å². The number of amides is 1. The number of furan rings is 1. The number of hydrogen-bond donors (Lipinski definition) is 2. The summed E-state index contributed by atoms with van der Waals surface area (Å²) < 4.78 is 17.8. The molecule has 1 amide bonds. The summed E-state index contributed by atoms with van der Waals surface area (Å²) in [7, 11) is 0. The number of nitrogens with one attached hydrogen (secondary N) is 2. The molecule has 0 bridgehead atoms. The molecule has 0 spiro atoms. The van der Waals surface area contributed by atoms with Crippen LogP contribution in [-0.4, -0.2) is 16.1 Å². The maximum atomic E-state index is 13.0. The second-order valence-electron chi connectivity index (χ2n) is 3.73. The maximum Gasteiger partial charge on any atom is 0.260 e. The van der Waals surface area contributed by atoms with Crippen LogP contribution in [-0.2, 0) is 0 Å². The van der Waals surface area contributed by atoms with Crippen LogP contribution in [0.4, 0.5) is 10.2 Å². The fourth-order valence-corrected chi connectivity index (χ4v) is 1.66. The first kappa shape index (κ1) is 10.5. The van der Waals surface area contributed by atoms with Gasteiger partial charge in [0.2, 0.25) is 0 Å². The van der Waals surface area contributed by atoms with E-state index < -0.39 is 0 Å². The zero-order valence-electron chi connectivity index (χ0n) is 9.11. The van der Waals surface area contributed by atoms with Crippen molar-refractivity contribution in [1.82, 2.24) is 10.2 Å². The van der Waals surface area contributed by atoms with E-state index in [1.807, 2.05) is 0 Å². The highest BCUT2D eigenvalue weighted by molar-refractivity contribution is 6.07. The minimum absolute atomic E-state index is 0.332. The molecule has 3 rings (SSSR count). The van der Waals surface area contributed by atoms with E-state index in [2.05, 4.69) is 15.5 Å². The predicted octanol–water partition coefficient (Wildman–Crippen LogP) is 2.55. The van der Waals surface area contributed by atoms with Crippen LogP contribution in [0.5, 0.6) is 0 Å². The lowest BCUT2D eigenvalue weighted by Gasteiger charge is -1.99. The quantitative estimate of drug-likeness (QED) is 0.728. The lowest BCUT2D eigenvalue weighted by atomic mass is 10.2. The molecule has 0 fully saturated rings. The number of H-pyrrole nitrogens is 1. The lowest BCUT2D eigenvalue weighted by Crippen LogP contribution is -2.11. The zero-order valence-corrected chi connectivity index (χ0v) is 9.11. The Bertz CT molecular complexity index is 703. The van der Waals surface area contributed by atoms with Gasteiger partial charge in [-0.05, 0) is 24.3 Å². The van der Waals surface area contributed by atoms with E-state index in [-0.39, 0.29) is 11.7 Å². The van der Waals surface area contributed by atoms with Gasteiger partial charge in [-0.15, -0.1) is 0 Å². The SMILES string of the molecule is O=C(Nc1n[nH]c2cc(F)ccc12)c1ccoc1. The molecule has 0 aliphatic carbocycles. The van der Waals surface area contributed by atoms with Gasteiger partial charge >= 0.3 is 0 Å². The van der Waals surface area contributed by atoms with Crippen LogP contribution in [0, 0.1) is 5.82 Å². The first-order chi connectivity index (χ1) is 8.74. The summed E-state index contributed by atoms with van der Waals surface area (Å²) in [5, 5.41) is 9.85. The Morgan fingerprint density at radius 2 is 2.28 bits per heavy atom. The van der Waals surface area contributed by atoms with Gasteiger partial charge in [-0.25, -0.2) is 4.39 Å². The van der Waals surface area contributed by atoms with E-state index in [1.54, 1.807) is 12.1 Å². The van der Waals surface area contributed by atoms with Crippen molar-refractivity contribution in [1.29, 1.82) is 0 Å². The summed E-state index contributed by atoms with van der Waals surface area (Å²) >= 11 is 0. The Morgan fingerprint density at radius 1 is 1.39 bits per heavy atom. The lowest BCUT2D eigenvalue weighted by molar-refractivity contribution is 0.102. The molecule has 0 unspecified atom stereocenters. The van der Waals surface area contributed by atoms with Crippen molar-refractivity contribution >= 4 is 22.6 Å². The van der Waals surface area contributed by atoms with Gasteiger partial charge in [-0.1, -0.05) is 0 Å². The second-order valence-corrected chi connectivity index (χ2v) is 3.73. The van der Waals surface area contributed by atoms with Crippen LogP contribution in [0.25, 0.3) is 10.9 Å². The highest BCUT2D eigenvalue weighted by Gasteiger charge is 2.12. The molecular weight excluding hydrogens is 237 g/mol. The predicted molar refractivity (Wildman–Crippen MR) is 62.7 cm³/mol. The Balaban J connectivity index is 1.94. The summed E-state index contributed by atoms with van der Waals surface area (Å²) in [6.45, 7) is 0. The Hall–Kier alpha value is -2.63. The molecule has 2 heterocycles. The topological polar surface area (TPSA) is 70.9 Å². The molecule has 0 saturated heterocycles. The first-order valence-electron chi connectivity index (χ1n) is 5.21. The number of aromatic amines is 1. The van der Waals surface area contributed by atoms with Gasteiger partial charge in [0, 0.05) is 5.39 Å². The van der Waals surface area contributed by atoms with Crippen molar-refractivity contribution in [2.24, 2.45) is 0 Å². The van der Waals surface area contributed by atoms with E-state index in [9.17, 15) is 9.18 Å². The van der Waals surface area contributed by atoms with Crippen LogP contribution >= 0.6 is 0 Å². The van der Waals surface area contributed by atoms with Crippen LogP contribution < -0.4 is 5.32 Å². The third kappa shape index (κ3) is 1.73. The summed E-state index contributed by atoms with van der Waals surface area (Å²) in [4.78, 5) is 11.8. The summed E-state index contributed by atoms with van der Waals surface area (Å²) in [5.41, 5.74) is 0.922. The van der Waals surface area contributed by atoms with E-state index >= 15 is 0 Å². The molecule has 1 aromatic carbocycles. The fourth-order valence-electron chi connectivity index (χ4n) is 1.66. The normalized spacial score (nSPS) is 10.7. The maximum absolute atomic E-state index is 13.0. The highest BCUT2D eigenvalue weighted by Crippen LogP contribution is 2.21. The number of rotatable bonds is 2. The second kappa shape index (κ2) is 3.99. The molecule has 6 heteroatoms. The molecule has 0 atom stereocenters. The first-order valence-corrected chi connectivity index (χ1v) is 5.21. The largest absolute Gasteiger partial charge is 0.472 e. The third-order valence-electron chi connectivity index (χ3n) is 2.54. The van der Waals surface area contributed by atoms with E-state index in [0.717, 1.165) is 0 Å². The van der Waals surface area contributed by atoms with Gasteiger partial charge in [-0.3, -0.25) is 9.89 Å². The molecule has 0 aliphatic rings. The highest BCUT2D eigenvalue weighted by atomic mass is 19.1. The molecule has 5 nitrogen and oxygen atoms in total.